The van der Waals surface area contributed by atoms with Crippen molar-refractivity contribution in [3.63, 3.8) is 0 Å². The van der Waals surface area contributed by atoms with Crippen LogP contribution >= 0.6 is 11.3 Å². The predicted molar refractivity (Wildman–Crippen MR) is 63.4 cm³/mol. The second-order valence-corrected chi connectivity index (χ2v) is 4.38. The fraction of sp³-hybridized carbons (Fsp3) is 0. The van der Waals surface area contributed by atoms with Crippen molar-refractivity contribution in [2.24, 2.45) is 0 Å². The van der Waals surface area contributed by atoms with Gasteiger partial charge in [0.2, 0.25) is 10.7 Å². The molecule has 17 heavy (non-hydrogen) atoms. The Balaban J connectivity index is 2.42. The van der Waals surface area contributed by atoms with Crippen molar-refractivity contribution in [3.8, 4) is 0 Å². The number of rotatable bonds is 0. The molecule has 3 aromatic heterocycles. The average molecular weight is 243 g/mol. The highest BCUT2D eigenvalue weighted by molar-refractivity contribution is 7.14. The zero-order valence-electron chi connectivity index (χ0n) is 8.44. The number of benzene rings is 1. The van der Waals surface area contributed by atoms with Crippen LogP contribution in [0, 0.1) is 0 Å². The Labute approximate surface area is 97.8 Å². The number of imidazole rings is 1. The van der Waals surface area contributed by atoms with Gasteiger partial charge in [-0.25, -0.2) is 14.2 Å². The van der Waals surface area contributed by atoms with Gasteiger partial charge in [0, 0.05) is 0 Å². The summed E-state index contributed by atoms with van der Waals surface area (Å²) in [6, 6.07) is 7.45. The molecule has 0 bridgehead atoms. The first-order chi connectivity index (χ1) is 8.34. The number of para-hydroxylation sites is 2. The fourth-order valence-electron chi connectivity index (χ4n) is 1.88. The zero-order chi connectivity index (χ0) is 11.4. The molecule has 3 heterocycles. The van der Waals surface area contributed by atoms with E-state index in [4.69, 9.17) is 0 Å². The third kappa shape index (κ3) is 1.03. The van der Waals surface area contributed by atoms with Crippen LogP contribution in [0.3, 0.4) is 0 Å². The number of fused-ring (bicyclic) bond motifs is 4. The summed E-state index contributed by atoms with van der Waals surface area (Å²) in [4.78, 5) is 21.4. The first-order valence-corrected chi connectivity index (χ1v) is 5.82. The first-order valence-electron chi connectivity index (χ1n) is 4.94. The molecule has 0 aliphatic heterocycles. The van der Waals surface area contributed by atoms with E-state index >= 15 is 0 Å². The van der Waals surface area contributed by atoms with Crippen molar-refractivity contribution in [1.82, 2.24) is 24.0 Å². The third-order valence-electron chi connectivity index (χ3n) is 2.61. The molecule has 0 atom stereocenters. The molecule has 82 valence electrons. The molecular formula is C10H5N5OS. The molecular weight excluding hydrogens is 238 g/mol. The van der Waals surface area contributed by atoms with E-state index in [-0.39, 0.29) is 5.69 Å². The van der Waals surface area contributed by atoms with E-state index in [2.05, 4.69) is 15.1 Å². The Hall–Kier alpha value is -2.28. The molecule has 0 amide bonds. The van der Waals surface area contributed by atoms with E-state index < -0.39 is 0 Å². The Morgan fingerprint density at radius 1 is 1.18 bits per heavy atom. The van der Waals surface area contributed by atoms with Crippen molar-refractivity contribution >= 4 is 33.1 Å². The number of hydrogen-bond acceptors (Lipinski definition) is 5. The molecule has 0 saturated carbocycles. The van der Waals surface area contributed by atoms with Crippen LogP contribution in [0.1, 0.15) is 0 Å². The van der Waals surface area contributed by atoms with Crippen LogP contribution in [0.2, 0.25) is 0 Å². The number of aromatic nitrogens is 5. The molecule has 1 aromatic carbocycles. The normalized spacial score (nSPS) is 11.8. The lowest BCUT2D eigenvalue weighted by Gasteiger charge is -1.94. The molecule has 0 radical (unpaired) electrons. The van der Waals surface area contributed by atoms with Crippen LogP contribution in [-0.2, 0) is 0 Å². The van der Waals surface area contributed by atoms with Crippen molar-refractivity contribution in [2.75, 3.05) is 0 Å². The van der Waals surface area contributed by atoms with Gasteiger partial charge in [-0.15, -0.1) is 0 Å². The van der Waals surface area contributed by atoms with E-state index in [1.807, 2.05) is 24.3 Å². The minimum absolute atomic E-state index is 0.236. The van der Waals surface area contributed by atoms with Crippen LogP contribution in [0.5, 0.6) is 0 Å². The Bertz CT molecular complexity index is 919. The van der Waals surface area contributed by atoms with Gasteiger partial charge < -0.3 is 0 Å². The molecule has 0 saturated heterocycles. The molecule has 0 aliphatic rings. The molecule has 7 heteroatoms. The molecule has 4 aromatic rings. The van der Waals surface area contributed by atoms with Gasteiger partial charge in [-0.1, -0.05) is 23.5 Å². The van der Waals surface area contributed by atoms with Gasteiger partial charge in [0.25, 0.3) is 0 Å². The third-order valence-corrected chi connectivity index (χ3v) is 3.29. The summed E-state index contributed by atoms with van der Waals surface area (Å²) in [7, 11) is 0. The lowest BCUT2D eigenvalue weighted by molar-refractivity contribution is 0.829. The Morgan fingerprint density at radius 3 is 3.00 bits per heavy atom. The van der Waals surface area contributed by atoms with E-state index in [9.17, 15) is 4.79 Å². The van der Waals surface area contributed by atoms with Crippen LogP contribution < -0.4 is 5.69 Å². The van der Waals surface area contributed by atoms with Crippen molar-refractivity contribution in [3.05, 3.63) is 40.3 Å². The second-order valence-electron chi connectivity index (χ2n) is 3.56. The monoisotopic (exact) mass is 243 g/mol. The second kappa shape index (κ2) is 2.89. The lowest BCUT2D eigenvalue weighted by atomic mass is 10.3. The molecule has 0 N–H and O–H groups in total. The predicted octanol–water partition coefficient (Wildman–Crippen LogP) is 0.952. The molecule has 0 spiro atoms. The van der Waals surface area contributed by atoms with Gasteiger partial charge in [0.15, 0.2) is 0 Å². The summed E-state index contributed by atoms with van der Waals surface area (Å²) in [6.45, 7) is 0. The van der Waals surface area contributed by atoms with Crippen molar-refractivity contribution in [1.29, 1.82) is 0 Å². The van der Waals surface area contributed by atoms with Gasteiger partial charge in [0.05, 0.1) is 11.0 Å². The Morgan fingerprint density at radius 2 is 2.06 bits per heavy atom. The van der Waals surface area contributed by atoms with E-state index in [1.54, 1.807) is 5.51 Å². The van der Waals surface area contributed by atoms with Gasteiger partial charge in [0.1, 0.15) is 5.51 Å². The lowest BCUT2D eigenvalue weighted by Crippen LogP contribution is -2.22. The zero-order valence-corrected chi connectivity index (χ0v) is 9.26. The minimum atomic E-state index is -0.236. The fourth-order valence-corrected chi connectivity index (χ4v) is 2.47. The highest BCUT2D eigenvalue weighted by Crippen LogP contribution is 2.14. The summed E-state index contributed by atoms with van der Waals surface area (Å²) >= 11 is 1.31. The quantitative estimate of drug-likeness (QED) is 0.461. The summed E-state index contributed by atoms with van der Waals surface area (Å²) in [6.07, 6.45) is 0. The highest BCUT2D eigenvalue weighted by atomic mass is 32.1. The standard InChI is InChI=1S/C10H5N5OS/c16-10-14-7-4-2-1-3-6(7)12-8(14)13-9-15(10)11-5-17-9/h1-5H. The summed E-state index contributed by atoms with van der Waals surface area (Å²) in [5.74, 6) is 0.417. The summed E-state index contributed by atoms with van der Waals surface area (Å²) < 4.78 is 2.76. The molecule has 6 nitrogen and oxygen atoms in total. The summed E-state index contributed by atoms with van der Waals surface area (Å²) in [5.41, 5.74) is 2.86. The van der Waals surface area contributed by atoms with Crippen LogP contribution in [0.15, 0.2) is 34.6 Å². The SMILES string of the molecule is O=c1n2ncsc2nc2nc3ccccc3n12. The summed E-state index contributed by atoms with van der Waals surface area (Å²) in [5, 5.41) is 3.97. The Kier molecular flexibility index (Phi) is 1.50. The van der Waals surface area contributed by atoms with Crippen molar-refractivity contribution < 1.29 is 0 Å². The maximum absolute atomic E-state index is 12.2. The van der Waals surface area contributed by atoms with Gasteiger partial charge in [-0.3, -0.25) is 0 Å². The smallest absolute Gasteiger partial charge is 0.245 e. The first kappa shape index (κ1) is 8.82. The maximum Gasteiger partial charge on any atom is 0.358 e. The molecule has 0 unspecified atom stereocenters. The minimum Gasteiger partial charge on any atom is -0.245 e. The van der Waals surface area contributed by atoms with Crippen LogP contribution in [0.4, 0.5) is 0 Å². The highest BCUT2D eigenvalue weighted by Gasteiger charge is 2.11. The van der Waals surface area contributed by atoms with E-state index in [1.165, 1.54) is 20.3 Å². The van der Waals surface area contributed by atoms with Crippen molar-refractivity contribution in [2.45, 2.75) is 0 Å². The van der Waals surface area contributed by atoms with Gasteiger partial charge >= 0.3 is 5.69 Å². The van der Waals surface area contributed by atoms with Crippen LogP contribution in [-0.4, -0.2) is 24.0 Å². The molecule has 0 fully saturated rings. The molecule has 4 rings (SSSR count). The number of nitrogens with zero attached hydrogens (tertiary/aromatic N) is 5. The topological polar surface area (TPSA) is 64.6 Å². The van der Waals surface area contributed by atoms with Gasteiger partial charge in [-0.05, 0) is 12.1 Å². The molecule has 0 aliphatic carbocycles. The van der Waals surface area contributed by atoms with Crippen LogP contribution in [0.25, 0.3) is 21.8 Å². The average Bonchev–Trinajstić information content (AvgIpc) is 2.92. The van der Waals surface area contributed by atoms with E-state index in [0.29, 0.717) is 10.7 Å². The van der Waals surface area contributed by atoms with Gasteiger partial charge in [-0.2, -0.15) is 14.6 Å². The largest absolute Gasteiger partial charge is 0.358 e. The van der Waals surface area contributed by atoms with E-state index in [0.717, 1.165) is 11.0 Å². The maximum atomic E-state index is 12.2. The number of hydrogen-bond donors (Lipinski definition) is 0.